The molecule has 0 amide bonds. The number of nitrogens with zero attached hydrogens (tertiary/aromatic N) is 4. The summed E-state index contributed by atoms with van der Waals surface area (Å²) in [5, 5.41) is 0. The van der Waals surface area contributed by atoms with Crippen LogP contribution in [0, 0.1) is 48.2 Å². The molecule has 6 rings (SSSR count). The summed E-state index contributed by atoms with van der Waals surface area (Å²) in [7, 11) is 11.3. The molecule has 2 aromatic heterocycles. The fourth-order valence-electron chi connectivity index (χ4n) is 5.01. The van der Waals surface area contributed by atoms with E-state index in [0.29, 0.717) is 0 Å². The smallest absolute Gasteiger partial charge is 0.0267 e. The van der Waals surface area contributed by atoms with E-state index in [1.807, 2.05) is 71.3 Å². The Morgan fingerprint density at radius 1 is 0.556 bits per heavy atom. The Kier molecular flexibility index (Phi) is 15.1. The second-order valence-electron chi connectivity index (χ2n) is 10.5. The maximum absolute atomic E-state index is 5.67. The fraction of sp³-hybridized carbons (Fsp3) is 0.158. The molecular weight excluding hydrogens is 684 g/mol. The molecule has 1 aliphatic heterocycles. The first-order valence-electron chi connectivity index (χ1n) is 14.5. The molecule has 0 atom stereocenters. The van der Waals surface area contributed by atoms with E-state index in [1.54, 1.807) is 24.8 Å². The van der Waals surface area contributed by atoms with Crippen molar-refractivity contribution < 1.29 is 13.5 Å². The number of anilines is 2. The quantitative estimate of drug-likeness (QED) is 0.137. The van der Waals surface area contributed by atoms with Gasteiger partial charge in [0, 0.05) is 36.2 Å². The van der Waals surface area contributed by atoms with Crippen LogP contribution in [0.25, 0.3) is 0 Å². The molecule has 0 N–H and O–H groups in total. The van der Waals surface area contributed by atoms with Crippen molar-refractivity contribution in [2.24, 2.45) is 0 Å². The van der Waals surface area contributed by atoms with Crippen molar-refractivity contribution in [2.75, 3.05) is 9.80 Å². The summed E-state index contributed by atoms with van der Waals surface area (Å²) in [6.07, 6.45) is 11.3. The van der Waals surface area contributed by atoms with Gasteiger partial charge in [0.15, 0.2) is 0 Å². The zero-order valence-corrected chi connectivity index (χ0v) is 29.9. The molecule has 0 saturated carbocycles. The van der Waals surface area contributed by atoms with Crippen molar-refractivity contribution in [2.45, 2.75) is 41.5 Å². The van der Waals surface area contributed by atoms with Crippen molar-refractivity contribution in [1.29, 1.82) is 0 Å². The van der Waals surface area contributed by atoms with Crippen molar-refractivity contribution in [3.05, 3.63) is 174 Å². The second-order valence-corrected chi connectivity index (χ2v) is 16.2. The molecule has 45 heavy (non-hydrogen) atoms. The van der Waals surface area contributed by atoms with Gasteiger partial charge in [-0.05, 0) is 100 Å². The average molecular weight is 726 g/mol. The van der Waals surface area contributed by atoms with Crippen LogP contribution in [-0.2, 0) is 13.5 Å². The molecule has 0 unspecified atom stereocenters. The van der Waals surface area contributed by atoms with Crippen LogP contribution in [0.3, 0.4) is 0 Å². The maximum Gasteiger partial charge on any atom is 0.0267 e. The predicted octanol–water partition coefficient (Wildman–Crippen LogP) is 10.4. The normalized spacial score (nSPS) is 11.7. The third-order valence-corrected chi connectivity index (χ3v) is 8.42. The first kappa shape index (κ1) is 35.8. The van der Waals surface area contributed by atoms with Gasteiger partial charge in [-0.25, -0.2) is 0 Å². The molecule has 0 aliphatic carbocycles. The zero-order chi connectivity index (χ0) is 32.6. The minimum absolute atomic E-state index is 1.12. The molecule has 0 spiro atoms. The van der Waals surface area contributed by atoms with Gasteiger partial charge in [-0.2, -0.15) is 0 Å². The molecule has 4 nitrogen and oxygen atoms in total. The van der Waals surface area contributed by atoms with E-state index in [4.69, 9.17) is 19.4 Å². The van der Waals surface area contributed by atoms with Crippen LogP contribution in [0.5, 0.6) is 0 Å². The molecule has 3 aromatic carbocycles. The molecule has 0 radical (unpaired) electrons. The van der Waals surface area contributed by atoms with Crippen molar-refractivity contribution in [3.8, 4) is 0 Å². The summed E-state index contributed by atoms with van der Waals surface area (Å²) < 4.78 is 1.92. The minimum Gasteiger partial charge on any atom is -0.265 e. The summed E-state index contributed by atoms with van der Waals surface area (Å²) in [4.78, 5) is 12.0. The molecule has 0 bridgehead atoms. The van der Waals surface area contributed by atoms with E-state index in [9.17, 15) is 0 Å². The van der Waals surface area contributed by atoms with E-state index < -0.39 is 13.5 Å². The molecule has 0 fully saturated rings. The number of hydrogen-bond donors (Lipinski definition) is 0. The van der Waals surface area contributed by atoms with E-state index in [0.717, 1.165) is 5.56 Å². The number of rotatable bonds is 3. The number of halogens is 2. The van der Waals surface area contributed by atoms with E-state index in [-0.39, 0.29) is 0 Å². The Labute approximate surface area is 282 Å². The van der Waals surface area contributed by atoms with Crippen LogP contribution in [-0.4, -0.2) is 14.6 Å². The van der Waals surface area contributed by atoms with Gasteiger partial charge in [0.05, 0.1) is 0 Å². The van der Waals surface area contributed by atoms with Gasteiger partial charge in [-0.1, -0.05) is 47.5 Å². The number of aromatic nitrogens is 2. The summed E-state index contributed by atoms with van der Waals surface area (Å²) in [5.41, 5.74) is 11.5. The van der Waals surface area contributed by atoms with Crippen molar-refractivity contribution in [1.82, 2.24) is 9.97 Å². The largest absolute Gasteiger partial charge is 0.265 e. The molecule has 236 valence electrons. The maximum atomic E-state index is 5.67. The summed E-state index contributed by atoms with van der Waals surface area (Å²) in [6, 6.07) is 30.3. The fourth-order valence-corrected chi connectivity index (χ4v) is 6.84. The topological polar surface area (TPSA) is 32.3 Å². The van der Waals surface area contributed by atoms with Crippen molar-refractivity contribution in [3.63, 3.8) is 0 Å². The number of hydrogen-bond acceptors (Lipinski definition) is 4. The Morgan fingerprint density at radius 2 is 0.911 bits per heavy atom. The Bertz CT molecular complexity index is 1460. The Balaban J connectivity index is 0.000000203. The zero-order valence-electron chi connectivity index (χ0n) is 26.7. The Morgan fingerprint density at radius 3 is 1.20 bits per heavy atom. The Hall–Kier alpha value is -3.63. The molecule has 1 aliphatic rings. The van der Waals surface area contributed by atoms with Gasteiger partial charge in [0.25, 0.3) is 0 Å². The second kappa shape index (κ2) is 19.0. The van der Waals surface area contributed by atoms with Crippen LogP contribution >= 0.6 is 19.4 Å². The van der Waals surface area contributed by atoms with Gasteiger partial charge in [-0.3, -0.25) is 9.97 Å². The third kappa shape index (κ3) is 12.4. The summed E-state index contributed by atoms with van der Waals surface area (Å²) in [5.74, 6) is 0. The number of benzene rings is 3. The average Bonchev–Trinajstić information content (AvgIpc) is 3.48. The standard InChI is InChI=1S/C21H25N2.C7H6.2C5H5N.2ClH.Ru/c1-14-9-16(3)20(17(4)10-14)22-7-8-23(13-22)21-18(5)11-15(2)12-19(21)6;1-7-5-3-2-4-6-7;2*1-2-4-6-5-3-1;;;/h7-13H,1-6H3;1-6H;2*1-5H;2*1H;/q-1;;;;;;+2/p-2. The first-order valence-corrected chi connectivity index (χ1v) is 20.0. The number of pyridine rings is 2. The van der Waals surface area contributed by atoms with Crippen LogP contribution in [0.4, 0.5) is 11.4 Å². The van der Waals surface area contributed by atoms with Crippen LogP contribution < -0.4 is 9.80 Å². The predicted molar refractivity (Wildman–Crippen MR) is 191 cm³/mol. The monoisotopic (exact) mass is 725 g/mol. The van der Waals surface area contributed by atoms with Gasteiger partial charge in [0.1, 0.15) is 0 Å². The summed E-state index contributed by atoms with van der Waals surface area (Å²) in [6.45, 7) is 15.2. The molecule has 0 saturated heterocycles. The molecule has 7 heteroatoms. The molecular formula is C38H41Cl2N4Ru-. The summed E-state index contributed by atoms with van der Waals surface area (Å²) >= 11 is -1.61. The van der Waals surface area contributed by atoms with E-state index in [1.165, 1.54) is 44.8 Å². The SMILES string of the molecule is Cc1cc(C)c(N2C=CN(c3c(C)cc(C)cc3C)[CH-]2)c(C)c1.[Cl][Ru]([Cl])=[CH]c1ccccc1.c1ccncc1.c1ccncc1. The van der Waals surface area contributed by atoms with Gasteiger partial charge in [0.2, 0.25) is 0 Å². The third-order valence-electron chi connectivity index (χ3n) is 6.55. The number of aryl methyl sites for hydroxylation is 6. The van der Waals surface area contributed by atoms with E-state index in [2.05, 4.69) is 105 Å². The van der Waals surface area contributed by atoms with Crippen molar-refractivity contribution >= 4 is 35.4 Å². The van der Waals surface area contributed by atoms with Crippen LogP contribution in [0.1, 0.15) is 38.9 Å². The first-order chi connectivity index (χ1) is 21.7. The molecule has 5 aromatic rings. The van der Waals surface area contributed by atoms with Gasteiger partial charge in [-0.15, -0.1) is 6.67 Å². The van der Waals surface area contributed by atoms with Crippen LogP contribution in [0.2, 0.25) is 0 Å². The van der Waals surface area contributed by atoms with Gasteiger partial charge < -0.3 is 9.80 Å². The van der Waals surface area contributed by atoms with Crippen LogP contribution in [0.15, 0.2) is 128 Å². The molecule has 3 heterocycles. The van der Waals surface area contributed by atoms with E-state index >= 15 is 0 Å². The minimum atomic E-state index is -1.61. The van der Waals surface area contributed by atoms with Gasteiger partial charge >= 0.3 is 73.4 Å².